The first-order valence-electron chi connectivity index (χ1n) is 5.81. The van der Waals surface area contributed by atoms with E-state index in [9.17, 15) is 9.59 Å². The van der Waals surface area contributed by atoms with Crippen LogP contribution in [0.4, 0.5) is 4.79 Å². The Morgan fingerprint density at radius 3 is 2.58 bits per heavy atom. The molecule has 1 aliphatic rings. The Hall–Kier alpha value is -1.56. The maximum absolute atomic E-state index is 12.1. The van der Waals surface area contributed by atoms with Crippen molar-refractivity contribution in [3.05, 3.63) is 28.2 Å². The molecule has 2 rings (SSSR count). The lowest BCUT2D eigenvalue weighted by atomic mass is 10.1. The van der Waals surface area contributed by atoms with Gasteiger partial charge in [-0.25, -0.2) is 4.79 Å². The highest BCUT2D eigenvalue weighted by molar-refractivity contribution is 9.10. The Bertz CT molecular complexity index is 543. The Kier molecular flexibility index (Phi) is 3.54. The average Bonchev–Trinajstić information content (AvgIpc) is 2.52. The summed E-state index contributed by atoms with van der Waals surface area (Å²) >= 11 is 3.37. The molecular formula is C13H15BrN2O3. The first kappa shape index (κ1) is 13.9. The maximum Gasteiger partial charge on any atom is 0.325 e. The minimum atomic E-state index is -0.851. The molecule has 1 saturated heterocycles. The predicted octanol–water partition coefficient (Wildman–Crippen LogP) is 2.29. The number of nitrogens with one attached hydrogen (secondary N) is 1. The van der Waals surface area contributed by atoms with E-state index in [4.69, 9.17) is 4.74 Å². The molecule has 0 spiro atoms. The quantitative estimate of drug-likeness (QED) is 0.867. The molecule has 6 heteroatoms. The average molecular weight is 327 g/mol. The van der Waals surface area contributed by atoms with Crippen LogP contribution in [0.1, 0.15) is 19.4 Å². The first-order chi connectivity index (χ1) is 8.85. The van der Waals surface area contributed by atoms with Crippen molar-refractivity contribution in [2.24, 2.45) is 0 Å². The molecule has 1 heterocycles. The lowest BCUT2D eigenvalue weighted by Crippen LogP contribution is -2.40. The number of benzene rings is 1. The minimum absolute atomic E-state index is 0.191. The monoisotopic (exact) mass is 326 g/mol. The van der Waals surface area contributed by atoms with Crippen molar-refractivity contribution in [2.45, 2.75) is 25.9 Å². The number of carbonyl (C=O) groups is 2. The molecule has 1 N–H and O–H groups in total. The summed E-state index contributed by atoms with van der Waals surface area (Å²) in [5, 5.41) is 2.65. The number of hydrogen-bond donors (Lipinski definition) is 1. The summed E-state index contributed by atoms with van der Waals surface area (Å²) in [4.78, 5) is 25.1. The van der Waals surface area contributed by atoms with Gasteiger partial charge >= 0.3 is 6.03 Å². The Morgan fingerprint density at radius 1 is 1.37 bits per heavy atom. The molecule has 0 radical (unpaired) electrons. The molecule has 0 saturated carbocycles. The van der Waals surface area contributed by atoms with E-state index in [-0.39, 0.29) is 18.5 Å². The second-order valence-corrected chi connectivity index (χ2v) is 5.82. The summed E-state index contributed by atoms with van der Waals surface area (Å²) in [6.45, 7) is 3.56. The van der Waals surface area contributed by atoms with E-state index in [2.05, 4.69) is 21.2 Å². The van der Waals surface area contributed by atoms with Crippen LogP contribution in [0.5, 0.6) is 5.75 Å². The van der Waals surface area contributed by atoms with E-state index < -0.39 is 5.54 Å². The van der Waals surface area contributed by atoms with E-state index in [0.717, 1.165) is 10.0 Å². The molecule has 1 aromatic rings. The number of amides is 3. The normalized spacial score (nSPS) is 17.6. The molecule has 0 atom stereocenters. The highest BCUT2D eigenvalue weighted by atomic mass is 79.9. The highest BCUT2D eigenvalue weighted by Crippen LogP contribution is 2.27. The zero-order chi connectivity index (χ0) is 14.2. The van der Waals surface area contributed by atoms with E-state index in [1.807, 2.05) is 12.1 Å². The van der Waals surface area contributed by atoms with Crippen LogP contribution in [0, 0.1) is 0 Å². The molecule has 3 amide bonds. The van der Waals surface area contributed by atoms with E-state index >= 15 is 0 Å². The zero-order valence-electron chi connectivity index (χ0n) is 11.0. The number of halogens is 1. The number of rotatable bonds is 3. The van der Waals surface area contributed by atoms with Crippen molar-refractivity contribution in [2.75, 3.05) is 7.11 Å². The number of carbonyl (C=O) groups excluding carboxylic acids is 2. The second-order valence-electron chi connectivity index (χ2n) is 4.90. The van der Waals surface area contributed by atoms with Gasteiger partial charge in [0, 0.05) is 10.0 Å². The Morgan fingerprint density at radius 2 is 2.05 bits per heavy atom. The van der Waals surface area contributed by atoms with Crippen molar-refractivity contribution < 1.29 is 14.3 Å². The van der Waals surface area contributed by atoms with Crippen LogP contribution in [0.15, 0.2) is 22.7 Å². The second kappa shape index (κ2) is 4.85. The van der Waals surface area contributed by atoms with Gasteiger partial charge in [0.15, 0.2) is 0 Å². The fraction of sp³-hybridized carbons (Fsp3) is 0.385. The smallest absolute Gasteiger partial charge is 0.325 e. The van der Waals surface area contributed by atoms with E-state index in [0.29, 0.717) is 5.75 Å². The molecule has 1 aromatic carbocycles. The summed E-state index contributed by atoms with van der Waals surface area (Å²) in [6.07, 6.45) is 0. The van der Waals surface area contributed by atoms with Crippen LogP contribution in [0.2, 0.25) is 0 Å². The van der Waals surface area contributed by atoms with Crippen molar-refractivity contribution >= 4 is 27.9 Å². The summed E-state index contributed by atoms with van der Waals surface area (Å²) < 4.78 is 6.11. The number of urea groups is 1. The summed E-state index contributed by atoms with van der Waals surface area (Å²) in [5.41, 5.74) is -0.0749. The van der Waals surface area contributed by atoms with Gasteiger partial charge in [0.1, 0.15) is 11.3 Å². The molecule has 0 bridgehead atoms. The van der Waals surface area contributed by atoms with Gasteiger partial charge in [0.2, 0.25) is 0 Å². The first-order valence-corrected chi connectivity index (χ1v) is 6.61. The fourth-order valence-corrected chi connectivity index (χ4v) is 2.41. The van der Waals surface area contributed by atoms with Gasteiger partial charge in [-0.2, -0.15) is 0 Å². The molecular weight excluding hydrogens is 312 g/mol. The third-order valence-electron chi connectivity index (χ3n) is 3.02. The molecule has 102 valence electrons. The molecule has 19 heavy (non-hydrogen) atoms. The van der Waals surface area contributed by atoms with Gasteiger partial charge in [0.25, 0.3) is 5.91 Å². The number of ether oxygens (including phenoxy) is 1. The number of methoxy groups -OCH3 is 1. The van der Waals surface area contributed by atoms with Gasteiger partial charge in [-0.1, -0.05) is 15.9 Å². The van der Waals surface area contributed by atoms with Crippen LogP contribution in [0.3, 0.4) is 0 Å². The molecule has 5 nitrogen and oxygen atoms in total. The zero-order valence-corrected chi connectivity index (χ0v) is 12.6. The maximum atomic E-state index is 12.1. The Balaban J connectivity index is 2.29. The van der Waals surface area contributed by atoms with Gasteiger partial charge in [-0.15, -0.1) is 0 Å². The van der Waals surface area contributed by atoms with Crippen molar-refractivity contribution in [3.63, 3.8) is 0 Å². The summed E-state index contributed by atoms with van der Waals surface area (Å²) in [6, 6.07) is 5.10. The van der Waals surface area contributed by atoms with Gasteiger partial charge in [-0.05, 0) is 32.0 Å². The van der Waals surface area contributed by atoms with E-state index in [1.165, 1.54) is 4.90 Å². The van der Waals surface area contributed by atoms with Gasteiger partial charge in [0.05, 0.1) is 13.7 Å². The van der Waals surface area contributed by atoms with Crippen LogP contribution in [-0.2, 0) is 11.3 Å². The van der Waals surface area contributed by atoms with Crippen LogP contribution in [0.25, 0.3) is 0 Å². The third-order valence-corrected chi connectivity index (χ3v) is 3.51. The molecule has 0 unspecified atom stereocenters. The van der Waals surface area contributed by atoms with Crippen molar-refractivity contribution in [1.82, 2.24) is 10.2 Å². The number of nitrogens with zero attached hydrogens (tertiary/aromatic N) is 1. The molecule has 0 aromatic heterocycles. The van der Waals surface area contributed by atoms with Crippen LogP contribution in [-0.4, -0.2) is 29.5 Å². The molecule has 1 fully saturated rings. The standard InChI is InChI=1S/C13H15BrN2O3/c1-13(2)11(17)16(12(18)15-13)7-8-6-9(14)4-5-10(8)19-3/h4-6H,7H2,1-3H3,(H,15,18). The lowest BCUT2D eigenvalue weighted by Gasteiger charge is -2.17. The van der Waals surface area contributed by atoms with Gasteiger partial charge in [-0.3, -0.25) is 9.69 Å². The lowest BCUT2D eigenvalue weighted by molar-refractivity contribution is -0.130. The van der Waals surface area contributed by atoms with Crippen LogP contribution < -0.4 is 10.1 Å². The molecule has 1 aliphatic heterocycles. The fourth-order valence-electron chi connectivity index (χ4n) is 2.00. The third kappa shape index (κ3) is 2.58. The van der Waals surface area contributed by atoms with Crippen molar-refractivity contribution in [3.8, 4) is 5.75 Å². The SMILES string of the molecule is COc1ccc(Br)cc1CN1C(=O)NC(C)(C)C1=O. The molecule has 0 aliphatic carbocycles. The van der Waals surface area contributed by atoms with E-state index in [1.54, 1.807) is 27.0 Å². The largest absolute Gasteiger partial charge is 0.496 e. The topological polar surface area (TPSA) is 58.6 Å². The van der Waals surface area contributed by atoms with Gasteiger partial charge < -0.3 is 10.1 Å². The summed E-state index contributed by atoms with van der Waals surface area (Å²) in [5.74, 6) is 0.410. The summed E-state index contributed by atoms with van der Waals surface area (Å²) in [7, 11) is 1.56. The Labute approximate surface area is 120 Å². The highest BCUT2D eigenvalue weighted by Gasteiger charge is 2.44. The minimum Gasteiger partial charge on any atom is -0.496 e. The van der Waals surface area contributed by atoms with Crippen molar-refractivity contribution in [1.29, 1.82) is 0 Å². The number of imide groups is 1. The predicted molar refractivity (Wildman–Crippen MR) is 73.9 cm³/mol. The van der Waals surface area contributed by atoms with Crippen LogP contribution >= 0.6 is 15.9 Å². The number of hydrogen-bond acceptors (Lipinski definition) is 3.